The number of para-hydroxylation sites is 1. The second kappa shape index (κ2) is 6.31. The van der Waals surface area contributed by atoms with E-state index in [9.17, 15) is 9.50 Å². The van der Waals surface area contributed by atoms with Gasteiger partial charge in [0.1, 0.15) is 17.3 Å². The van der Waals surface area contributed by atoms with Gasteiger partial charge in [-0.2, -0.15) is 0 Å². The van der Waals surface area contributed by atoms with Gasteiger partial charge in [0.05, 0.1) is 6.61 Å². The molecule has 0 spiro atoms. The standard InChI is InChI=1S/C14H13FO2S/c15-11-5-7-12(8-6-11)17-9-10-18-14-4-2-1-3-13(14)16/h1-8,16H,9-10H2. The summed E-state index contributed by atoms with van der Waals surface area (Å²) in [4.78, 5) is 0.834. The van der Waals surface area contributed by atoms with E-state index in [0.717, 1.165) is 10.6 Å². The van der Waals surface area contributed by atoms with Crippen molar-refractivity contribution in [2.75, 3.05) is 12.4 Å². The Morgan fingerprint density at radius 1 is 1.06 bits per heavy atom. The van der Waals surface area contributed by atoms with E-state index in [1.54, 1.807) is 24.3 Å². The van der Waals surface area contributed by atoms with E-state index in [4.69, 9.17) is 4.74 Å². The van der Waals surface area contributed by atoms with Crippen molar-refractivity contribution < 1.29 is 14.2 Å². The van der Waals surface area contributed by atoms with Crippen LogP contribution >= 0.6 is 11.8 Å². The van der Waals surface area contributed by atoms with Crippen molar-refractivity contribution in [3.63, 3.8) is 0 Å². The maximum absolute atomic E-state index is 12.7. The van der Waals surface area contributed by atoms with Crippen LogP contribution in [-0.4, -0.2) is 17.5 Å². The first-order valence-corrected chi connectivity index (χ1v) is 6.53. The Morgan fingerprint density at radius 3 is 2.50 bits per heavy atom. The Bertz CT molecular complexity index is 499. The number of halogens is 1. The fourth-order valence-electron chi connectivity index (χ4n) is 1.42. The van der Waals surface area contributed by atoms with Gasteiger partial charge in [0.2, 0.25) is 0 Å². The monoisotopic (exact) mass is 264 g/mol. The molecule has 0 saturated heterocycles. The van der Waals surface area contributed by atoms with Gasteiger partial charge in [0.25, 0.3) is 0 Å². The molecule has 0 unspecified atom stereocenters. The van der Waals surface area contributed by atoms with Gasteiger partial charge < -0.3 is 9.84 Å². The van der Waals surface area contributed by atoms with Crippen molar-refractivity contribution in [1.82, 2.24) is 0 Å². The first-order valence-electron chi connectivity index (χ1n) is 5.55. The first kappa shape index (κ1) is 12.8. The van der Waals surface area contributed by atoms with Crippen LogP contribution in [0.5, 0.6) is 11.5 Å². The molecule has 0 saturated carbocycles. The predicted octanol–water partition coefficient (Wildman–Crippen LogP) is 3.70. The summed E-state index contributed by atoms with van der Waals surface area (Å²) in [6.07, 6.45) is 0. The summed E-state index contributed by atoms with van der Waals surface area (Å²) in [5, 5.41) is 9.55. The molecule has 0 aliphatic heterocycles. The number of phenolic OH excluding ortho intramolecular Hbond substituents is 1. The Morgan fingerprint density at radius 2 is 1.78 bits per heavy atom. The van der Waals surface area contributed by atoms with Crippen LogP contribution in [0.3, 0.4) is 0 Å². The zero-order chi connectivity index (χ0) is 12.8. The van der Waals surface area contributed by atoms with Crippen molar-refractivity contribution in [3.05, 3.63) is 54.3 Å². The van der Waals surface area contributed by atoms with Crippen molar-refractivity contribution in [1.29, 1.82) is 0 Å². The quantitative estimate of drug-likeness (QED) is 0.659. The minimum Gasteiger partial charge on any atom is -0.507 e. The van der Waals surface area contributed by atoms with Crippen molar-refractivity contribution in [2.45, 2.75) is 4.90 Å². The van der Waals surface area contributed by atoms with E-state index in [1.807, 2.05) is 12.1 Å². The average Bonchev–Trinajstić information content (AvgIpc) is 2.39. The largest absolute Gasteiger partial charge is 0.507 e. The summed E-state index contributed by atoms with van der Waals surface area (Å²) < 4.78 is 18.1. The third-order valence-corrected chi connectivity index (χ3v) is 3.32. The molecule has 0 heterocycles. The molecule has 0 aliphatic carbocycles. The molecule has 0 fully saturated rings. The number of rotatable bonds is 5. The lowest BCUT2D eigenvalue weighted by Gasteiger charge is -2.06. The summed E-state index contributed by atoms with van der Waals surface area (Å²) in [6.45, 7) is 0.505. The molecule has 1 N–H and O–H groups in total. The normalized spacial score (nSPS) is 10.3. The van der Waals surface area contributed by atoms with E-state index >= 15 is 0 Å². The number of phenols is 1. The summed E-state index contributed by atoms with van der Waals surface area (Å²) in [5.74, 6) is 1.37. The van der Waals surface area contributed by atoms with Gasteiger partial charge >= 0.3 is 0 Å². The van der Waals surface area contributed by atoms with Crippen LogP contribution in [0.4, 0.5) is 4.39 Å². The minimum absolute atomic E-state index is 0.272. The van der Waals surface area contributed by atoms with E-state index in [1.165, 1.54) is 23.9 Å². The zero-order valence-corrected chi connectivity index (χ0v) is 10.5. The number of thioether (sulfide) groups is 1. The van der Waals surface area contributed by atoms with E-state index in [-0.39, 0.29) is 11.6 Å². The highest BCUT2D eigenvalue weighted by molar-refractivity contribution is 7.99. The van der Waals surface area contributed by atoms with Crippen LogP contribution in [0, 0.1) is 5.82 Å². The lowest BCUT2D eigenvalue weighted by molar-refractivity contribution is 0.343. The topological polar surface area (TPSA) is 29.5 Å². The molecule has 2 aromatic rings. The highest BCUT2D eigenvalue weighted by Gasteiger charge is 2.00. The fraction of sp³-hybridized carbons (Fsp3) is 0.143. The summed E-state index contributed by atoms with van der Waals surface area (Å²) >= 11 is 1.52. The van der Waals surface area contributed by atoms with Crippen molar-refractivity contribution in [3.8, 4) is 11.5 Å². The van der Waals surface area contributed by atoms with Gasteiger partial charge in [-0.3, -0.25) is 0 Å². The molecular formula is C14H13FO2S. The second-order valence-electron chi connectivity index (χ2n) is 3.62. The maximum Gasteiger partial charge on any atom is 0.129 e. The molecular weight excluding hydrogens is 251 g/mol. The molecule has 2 rings (SSSR count). The van der Waals surface area contributed by atoms with Crippen molar-refractivity contribution >= 4 is 11.8 Å². The lowest BCUT2D eigenvalue weighted by atomic mass is 10.3. The van der Waals surface area contributed by atoms with E-state index < -0.39 is 0 Å². The molecule has 0 amide bonds. The second-order valence-corrected chi connectivity index (χ2v) is 4.76. The van der Waals surface area contributed by atoms with Crippen LogP contribution in [0.25, 0.3) is 0 Å². The van der Waals surface area contributed by atoms with Crippen molar-refractivity contribution in [2.24, 2.45) is 0 Å². The van der Waals surface area contributed by atoms with Gasteiger partial charge in [-0.1, -0.05) is 12.1 Å². The first-order chi connectivity index (χ1) is 8.75. The maximum atomic E-state index is 12.7. The van der Waals surface area contributed by atoms with Gasteiger partial charge in [-0.25, -0.2) is 4.39 Å². The minimum atomic E-state index is -0.272. The highest BCUT2D eigenvalue weighted by atomic mass is 32.2. The summed E-state index contributed by atoms with van der Waals surface area (Å²) in [5.41, 5.74) is 0. The number of benzene rings is 2. The third kappa shape index (κ3) is 3.67. The van der Waals surface area contributed by atoms with Gasteiger partial charge in [-0.15, -0.1) is 11.8 Å². The molecule has 4 heteroatoms. The van der Waals surface area contributed by atoms with Crippen LogP contribution in [0.15, 0.2) is 53.4 Å². The Labute approximate surface area is 109 Å². The predicted molar refractivity (Wildman–Crippen MR) is 70.7 cm³/mol. The van der Waals surface area contributed by atoms with Crippen LogP contribution in [-0.2, 0) is 0 Å². The number of hydrogen-bond acceptors (Lipinski definition) is 3. The number of hydrogen-bond donors (Lipinski definition) is 1. The Balaban J connectivity index is 1.76. The SMILES string of the molecule is Oc1ccccc1SCCOc1ccc(F)cc1. The molecule has 2 aromatic carbocycles. The number of ether oxygens (including phenoxy) is 1. The fourth-order valence-corrected chi connectivity index (χ4v) is 2.20. The molecule has 18 heavy (non-hydrogen) atoms. The van der Waals surface area contributed by atoms with Gasteiger partial charge in [0.15, 0.2) is 0 Å². The van der Waals surface area contributed by atoms with Crippen LogP contribution in [0.1, 0.15) is 0 Å². The smallest absolute Gasteiger partial charge is 0.129 e. The molecule has 0 aromatic heterocycles. The van der Waals surface area contributed by atoms with Gasteiger partial charge in [0, 0.05) is 10.6 Å². The van der Waals surface area contributed by atoms with Crippen LogP contribution < -0.4 is 4.74 Å². The summed E-state index contributed by atoms with van der Waals surface area (Å²) in [7, 11) is 0. The Hall–Kier alpha value is -1.68. The van der Waals surface area contributed by atoms with Gasteiger partial charge in [-0.05, 0) is 36.4 Å². The average molecular weight is 264 g/mol. The molecule has 0 atom stereocenters. The molecule has 2 nitrogen and oxygen atoms in total. The lowest BCUT2D eigenvalue weighted by Crippen LogP contribution is -1.99. The number of aromatic hydroxyl groups is 1. The molecule has 0 aliphatic rings. The third-order valence-electron chi connectivity index (χ3n) is 2.29. The zero-order valence-electron chi connectivity index (χ0n) is 9.67. The molecule has 0 bridgehead atoms. The van der Waals surface area contributed by atoms with Crippen LogP contribution in [0.2, 0.25) is 0 Å². The Kier molecular flexibility index (Phi) is 4.47. The van der Waals surface area contributed by atoms with E-state index in [0.29, 0.717) is 12.4 Å². The highest BCUT2D eigenvalue weighted by Crippen LogP contribution is 2.27. The summed E-state index contributed by atoms with van der Waals surface area (Å²) in [6, 6.07) is 13.1. The molecule has 0 radical (unpaired) electrons. The van der Waals surface area contributed by atoms with E-state index in [2.05, 4.69) is 0 Å². The molecule has 94 valence electrons.